The van der Waals surface area contributed by atoms with Crippen molar-refractivity contribution in [2.45, 2.75) is 45.3 Å². The molecule has 1 aliphatic heterocycles. The van der Waals surface area contributed by atoms with E-state index in [2.05, 4.69) is 29.5 Å². The Balaban J connectivity index is 2.62. The molecule has 1 unspecified atom stereocenters. The lowest BCUT2D eigenvalue weighted by Crippen LogP contribution is -2.39. The molecule has 1 aliphatic rings. The van der Waals surface area contributed by atoms with Crippen LogP contribution in [-0.4, -0.2) is 17.9 Å². The van der Waals surface area contributed by atoms with E-state index in [9.17, 15) is 0 Å². The molecule has 1 heterocycles. The van der Waals surface area contributed by atoms with E-state index in [-0.39, 0.29) is 5.62 Å². The number of rotatable bonds is 4. The molecule has 0 radical (unpaired) electrons. The van der Waals surface area contributed by atoms with Gasteiger partial charge in [0, 0.05) is 17.8 Å². The summed E-state index contributed by atoms with van der Waals surface area (Å²) in [7, 11) is 0. The molecule has 1 atom stereocenters. The van der Waals surface area contributed by atoms with Crippen LogP contribution in [0.2, 0.25) is 0 Å². The zero-order chi connectivity index (χ0) is 10.6. The largest absolute Gasteiger partial charge is 0.369 e. The van der Waals surface area contributed by atoms with E-state index in [0.717, 1.165) is 24.2 Å². The fourth-order valence-electron chi connectivity index (χ4n) is 1.36. The van der Waals surface area contributed by atoms with Crippen LogP contribution in [0.1, 0.15) is 33.6 Å². The minimum Gasteiger partial charge on any atom is -0.369 e. The lowest BCUT2D eigenvalue weighted by molar-refractivity contribution is 0.500. The highest BCUT2D eigenvalue weighted by Gasteiger charge is 2.13. The van der Waals surface area contributed by atoms with E-state index in [4.69, 9.17) is 11.6 Å². The van der Waals surface area contributed by atoms with Gasteiger partial charge in [-0.3, -0.25) is 4.99 Å². The standard InChI is InChI=1S/C10H18ClN3/c1-4-8(5-2)13-9-7(3)6-12-10(11)14-9/h6,8,10,13-14H,4-5H2,1-3H3. The first kappa shape index (κ1) is 11.4. The molecule has 2 N–H and O–H groups in total. The highest BCUT2D eigenvalue weighted by Crippen LogP contribution is 2.09. The molecular formula is C10H18ClN3. The molecule has 0 aromatic rings. The highest BCUT2D eigenvalue weighted by molar-refractivity contribution is 6.21. The van der Waals surface area contributed by atoms with Crippen LogP contribution in [0.25, 0.3) is 0 Å². The van der Waals surface area contributed by atoms with Gasteiger partial charge in [0.05, 0.1) is 0 Å². The summed E-state index contributed by atoms with van der Waals surface area (Å²) in [5.74, 6) is 1.01. The molecule has 1 rings (SSSR count). The Morgan fingerprint density at radius 2 is 2.21 bits per heavy atom. The summed E-state index contributed by atoms with van der Waals surface area (Å²) < 4.78 is 0. The topological polar surface area (TPSA) is 36.4 Å². The Morgan fingerprint density at radius 1 is 1.57 bits per heavy atom. The molecule has 0 saturated heterocycles. The fourth-order valence-corrected chi connectivity index (χ4v) is 1.53. The first-order valence-electron chi connectivity index (χ1n) is 5.08. The summed E-state index contributed by atoms with van der Waals surface area (Å²) in [6.45, 7) is 6.36. The van der Waals surface area contributed by atoms with Crippen molar-refractivity contribution in [2.75, 3.05) is 0 Å². The molecular weight excluding hydrogens is 198 g/mol. The third-order valence-electron chi connectivity index (χ3n) is 2.39. The Hall–Kier alpha value is -0.700. The van der Waals surface area contributed by atoms with E-state index in [1.807, 2.05) is 6.92 Å². The van der Waals surface area contributed by atoms with Gasteiger partial charge in [-0.15, -0.1) is 0 Å². The van der Waals surface area contributed by atoms with Gasteiger partial charge in [0.15, 0.2) is 5.62 Å². The Bertz CT molecular complexity index is 244. The Labute approximate surface area is 90.6 Å². The number of aliphatic imine (C=N–C) groups is 1. The minimum absolute atomic E-state index is 0.337. The van der Waals surface area contributed by atoms with Gasteiger partial charge in [0.1, 0.15) is 5.82 Å². The van der Waals surface area contributed by atoms with Crippen molar-refractivity contribution in [3.8, 4) is 0 Å². The molecule has 3 nitrogen and oxygen atoms in total. The number of nitrogens with one attached hydrogen (secondary N) is 2. The predicted molar refractivity (Wildman–Crippen MR) is 61.5 cm³/mol. The molecule has 80 valence electrons. The number of alkyl halides is 1. The van der Waals surface area contributed by atoms with Crippen LogP contribution in [0.15, 0.2) is 16.4 Å². The zero-order valence-corrected chi connectivity index (χ0v) is 9.73. The highest BCUT2D eigenvalue weighted by atomic mass is 35.5. The van der Waals surface area contributed by atoms with Crippen molar-refractivity contribution < 1.29 is 0 Å². The van der Waals surface area contributed by atoms with Crippen molar-refractivity contribution in [2.24, 2.45) is 4.99 Å². The summed E-state index contributed by atoms with van der Waals surface area (Å²) in [6.07, 6.45) is 4.02. The second-order valence-electron chi connectivity index (χ2n) is 3.47. The number of hydrogen-bond donors (Lipinski definition) is 2. The quantitative estimate of drug-likeness (QED) is 0.557. The van der Waals surface area contributed by atoms with Crippen LogP contribution >= 0.6 is 11.6 Å². The summed E-state index contributed by atoms with van der Waals surface area (Å²) in [5.41, 5.74) is 0.768. The van der Waals surface area contributed by atoms with Gasteiger partial charge in [-0.1, -0.05) is 25.4 Å². The van der Waals surface area contributed by atoms with Gasteiger partial charge in [0.25, 0.3) is 0 Å². The zero-order valence-electron chi connectivity index (χ0n) is 8.97. The molecule has 4 heteroatoms. The monoisotopic (exact) mass is 215 g/mol. The van der Waals surface area contributed by atoms with E-state index >= 15 is 0 Å². The van der Waals surface area contributed by atoms with E-state index in [1.165, 1.54) is 0 Å². The van der Waals surface area contributed by atoms with Gasteiger partial charge >= 0.3 is 0 Å². The summed E-state index contributed by atoms with van der Waals surface area (Å²) >= 11 is 5.86. The summed E-state index contributed by atoms with van der Waals surface area (Å²) in [6, 6.07) is 0.503. The van der Waals surface area contributed by atoms with Gasteiger partial charge in [0.2, 0.25) is 0 Å². The first-order chi connectivity index (χ1) is 6.67. The van der Waals surface area contributed by atoms with E-state index < -0.39 is 0 Å². The minimum atomic E-state index is -0.337. The smallest absolute Gasteiger partial charge is 0.196 e. The van der Waals surface area contributed by atoms with E-state index in [1.54, 1.807) is 6.21 Å². The van der Waals surface area contributed by atoms with Crippen LogP contribution in [-0.2, 0) is 0 Å². The van der Waals surface area contributed by atoms with Crippen molar-refractivity contribution >= 4 is 17.8 Å². The van der Waals surface area contributed by atoms with Gasteiger partial charge < -0.3 is 10.6 Å². The molecule has 0 spiro atoms. The molecule has 0 amide bonds. The van der Waals surface area contributed by atoms with Gasteiger partial charge in [-0.05, 0) is 19.8 Å². The number of halogens is 1. The first-order valence-corrected chi connectivity index (χ1v) is 5.52. The lowest BCUT2D eigenvalue weighted by atomic mass is 10.1. The summed E-state index contributed by atoms with van der Waals surface area (Å²) in [5, 5.41) is 6.53. The molecule has 0 aromatic heterocycles. The van der Waals surface area contributed by atoms with Crippen LogP contribution in [0.3, 0.4) is 0 Å². The predicted octanol–water partition coefficient (Wildman–Crippen LogP) is 2.19. The second-order valence-corrected chi connectivity index (χ2v) is 3.89. The maximum absolute atomic E-state index is 5.86. The van der Waals surface area contributed by atoms with E-state index in [0.29, 0.717) is 6.04 Å². The molecule has 14 heavy (non-hydrogen) atoms. The molecule has 0 bridgehead atoms. The molecule has 0 saturated carbocycles. The Morgan fingerprint density at radius 3 is 2.79 bits per heavy atom. The molecule has 0 aromatic carbocycles. The van der Waals surface area contributed by atoms with Gasteiger partial charge in [-0.25, -0.2) is 0 Å². The SMILES string of the molecule is CCC(CC)NC1=C(C)C=NC(Cl)N1. The number of allylic oxidation sites excluding steroid dienone is 1. The van der Waals surface area contributed by atoms with Crippen molar-refractivity contribution in [3.05, 3.63) is 11.4 Å². The van der Waals surface area contributed by atoms with Gasteiger partial charge in [-0.2, -0.15) is 0 Å². The van der Waals surface area contributed by atoms with Crippen LogP contribution in [0.4, 0.5) is 0 Å². The average Bonchev–Trinajstić information content (AvgIpc) is 2.19. The number of hydrogen-bond acceptors (Lipinski definition) is 3. The summed E-state index contributed by atoms with van der Waals surface area (Å²) in [4.78, 5) is 4.05. The van der Waals surface area contributed by atoms with Crippen LogP contribution < -0.4 is 10.6 Å². The normalized spacial score (nSPS) is 21.4. The fraction of sp³-hybridized carbons (Fsp3) is 0.700. The average molecular weight is 216 g/mol. The third-order valence-corrected chi connectivity index (χ3v) is 2.61. The van der Waals surface area contributed by atoms with Crippen molar-refractivity contribution in [1.82, 2.24) is 10.6 Å². The third kappa shape index (κ3) is 2.91. The number of nitrogens with zero attached hydrogens (tertiary/aromatic N) is 1. The van der Waals surface area contributed by atoms with Crippen LogP contribution in [0, 0.1) is 0 Å². The van der Waals surface area contributed by atoms with Crippen molar-refractivity contribution in [1.29, 1.82) is 0 Å². The lowest BCUT2D eigenvalue weighted by Gasteiger charge is -2.24. The maximum Gasteiger partial charge on any atom is 0.196 e. The van der Waals surface area contributed by atoms with Crippen molar-refractivity contribution in [3.63, 3.8) is 0 Å². The molecule has 0 aliphatic carbocycles. The molecule has 0 fully saturated rings. The Kier molecular flexibility index (Phi) is 4.26. The second kappa shape index (κ2) is 5.25. The van der Waals surface area contributed by atoms with Crippen LogP contribution in [0.5, 0.6) is 0 Å². The maximum atomic E-state index is 5.86.